The summed E-state index contributed by atoms with van der Waals surface area (Å²) in [6, 6.07) is 0. The van der Waals surface area contributed by atoms with Crippen molar-refractivity contribution in [2.24, 2.45) is 5.73 Å². The van der Waals surface area contributed by atoms with Crippen molar-refractivity contribution in [2.45, 2.75) is 25.5 Å². The van der Waals surface area contributed by atoms with Crippen molar-refractivity contribution < 1.29 is 9.47 Å². The Bertz CT molecular complexity index is 286. The van der Waals surface area contributed by atoms with Crippen LogP contribution in [-0.2, 0) is 11.3 Å². The molecule has 1 aliphatic heterocycles. The molecule has 1 aromatic heterocycles. The maximum atomic E-state index is 5.65. The van der Waals surface area contributed by atoms with Crippen LogP contribution < -0.4 is 10.5 Å². The summed E-state index contributed by atoms with van der Waals surface area (Å²) in [6.45, 7) is 1.97. The van der Waals surface area contributed by atoms with Gasteiger partial charge in [0.15, 0.2) is 0 Å². The van der Waals surface area contributed by atoms with Crippen LogP contribution in [0.2, 0.25) is 0 Å². The topological polar surface area (TPSA) is 70.3 Å². The van der Waals surface area contributed by atoms with Gasteiger partial charge >= 0.3 is 0 Å². The summed E-state index contributed by atoms with van der Waals surface area (Å²) in [5, 5.41) is 9.23. The van der Waals surface area contributed by atoms with Crippen molar-refractivity contribution >= 4 is 11.3 Å². The van der Waals surface area contributed by atoms with Gasteiger partial charge in [-0.2, -0.15) is 0 Å². The van der Waals surface area contributed by atoms with Crippen molar-refractivity contribution in [2.75, 3.05) is 13.2 Å². The average Bonchev–Trinajstić information content (AvgIpc) is 2.67. The highest BCUT2D eigenvalue weighted by Gasteiger charge is 2.17. The van der Waals surface area contributed by atoms with Crippen LogP contribution in [0.5, 0.6) is 5.19 Å². The molecule has 0 unspecified atom stereocenters. The van der Waals surface area contributed by atoms with E-state index in [4.69, 9.17) is 15.2 Å². The number of rotatable bonds is 3. The largest absolute Gasteiger partial charge is 0.465 e. The summed E-state index contributed by atoms with van der Waals surface area (Å²) >= 11 is 1.42. The zero-order chi connectivity index (χ0) is 9.80. The third-order valence-corrected chi connectivity index (χ3v) is 2.90. The number of nitrogens with two attached hydrogens (primary N) is 1. The number of hydrogen-bond acceptors (Lipinski definition) is 6. The Morgan fingerprint density at radius 1 is 1.43 bits per heavy atom. The number of ether oxygens (including phenoxy) is 2. The van der Waals surface area contributed by atoms with E-state index < -0.39 is 0 Å². The zero-order valence-electron chi connectivity index (χ0n) is 7.81. The van der Waals surface area contributed by atoms with Gasteiger partial charge in [-0.25, -0.2) is 0 Å². The van der Waals surface area contributed by atoms with Crippen LogP contribution in [0.4, 0.5) is 0 Å². The predicted molar refractivity (Wildman–Crippen MR) is 52.3 cm³/mol. The molecule has 0 saturated carbocycles. The first-order valence-electron chi connectivity index (χ1n) is 4.65. The monoisotopic (exact) mass is 215 g/mol. The summed E-state index contributed by atoms with van der Waals surface area (Å²) in [6.07, 6.45) is 2.08. The van der Waals surface area contributed by atoms with Crippen molar-refractivity contribution in [1.82, 2.24) is 10.2 Å². The normalized spacial score (nSPS) is 18.4. The van der Waals surface area contributed by atoms with Crippen LogP contribution in [0.1, 0.15) is 17.8 Å². The van der Waals surface area contributed by atoms with Gasteiger partial charge in [0.2, 0.25) is 0 Å². The van der Waals surface area contributed by atoms with E-state index in [-0.39, 0.29) is 6.10 Å². The Kier molecular flexibility index (Phi) is 3.28. The molecule has 1 fully saturated rings. The summed E-state index contributed by atoms with van der Waals surface area (Å²) in [5.41, 5.74) is 5.43. The van der Waals surface area contributed by atoms with Crippen molar-refractivity contribution in [3.8, 4) is 5.19 Å². The molecule has 14 heavy (non-hydrogen) atoms. The molecule has 0 atom stereocenters. The second-order valence-electron chi connectivity index (χ2n) is 3.10. The van der Waals surface area contributed by atoms with Gasteiger partial charge in [-0.05, 0) is 0 Å². The summed E-state index contributed by atoms with van der Waals surface area (Å²) in [4.78, 5) is 0. The van der Waals surface area contributed by atoms with Gasteiger partial charge in [0.05, 0.1) is 13.2 Å². The van der Waals surface area contributed by atoms with Gasteiger partial charge in [-0.3, -0.25) is 0 Å². The molecule has 0 amide bonds. The standard InChI is InChI=1S/C8H13N3O2S/c9-5-7-10-11-8(14-7)13-6-1-3-12-4-2-6/h6H,1-5,9H2. The minimum atomic E-state index is 0.224. The predicted octanol–water partition coefficient (Wildman–Crippen LogP) is 0.555. The van der Waals surface area contributed by atoms with Gasteiger partial charge in [-0.15, -0.1) is 5.10 Å². The fraction of sp³-hybridized carbons (Fsp3) is 0.750. The molecule has 0 bridgehead atoms. The second kappa shape index (κ2) is 4.68. The van der Waals surface area contributed by atoms with E-state index in [0.717, 1.165) is 31.1 Å². The molecule has 5 nitrogen and oxygen atoms in total. The fourth-order valence-electron chi connectivity index (χ4n) is 1.30. The molecule has 0 radical (unpaired) electrons. The van der Waals surface area contributed by atoms with Crippen molar-refractivity contribution in [3.63, 3.8) is 0 Å². The molecule has 6 heteroatoms. The maximum absolute atomic E-state index is 5.65. The molecule has 1 saturated heterocycles. The zero-order valence-corrected chi connectivity index (χ0v) is 8.63. The van der Waals surface area contributed by atoms with E-state index in [2.05, 4.69) is 10.2 Å². The van der Waals surface area contributed by atoms with E-state index in [1.807, 2.05) is 0 Å². The Morgan fingerprint density at radius 2 is 2.21 bits per heavy atom. The lowest BCUT2D eigenvalue weighted by Gasteiger charge is -2.21. The average molecular weight is 215 g/mol. The molecular formula is C8H13N3O2S. The van der Waals surface area contributed by atoms with Crippen LogP contribution >= 0.6 is 11.3 Å². The molecule has 0 spiro atoms. The summed E-state index contributed by atoms with van der Waals surface area (Å²) < 4.78 is 10.9. The molecule has 78 valence electrons. The first-order chi connectivity index (χ1) is 6.88. The van der Waals surface area contributed by atoms with Gasteiger partial charge in [0.25, 0.3) is 5.19 Å². The molecule has 2 heterocycles. The third kappa shape index (κ3) is 2.40. The lowest BCUT2D eigenvalue weighted by atomic mass is 10.2. The minimum Gasteiger partial charge on any atom is -0.465 e. The van der Waals surface area contributed by atoms with E-state index in [0.29, 0.717) is 11.7 Å². The Morgan fingerprint density at radius 3 is 2.86 bits per heavy atom. The number of aromatic nitrogens is 2. The maximum Gasteiger partial charge on any atom is 0.294 e. The first-order valence-corrected chi connectivity index (χ1v) is 5.47. The van der Waals surface area contributed by atoms with Crippen LogP contribution in [-0.4, -0.2) is 29.5 Å². The summed E-state index contributed by atoms with van der Waals surface area (Å²) in [7, 11) is 0. The highest BCUT2D eigenvalue weighted by molar-refractivity contribution is 7.13. The lowest BCUT2D eigenvalue weighted by Crippen LogP contribution is -2.25. The smallest absolute Gasteiger partial charge is 0.294 e. The SMILES string of the molecule is NCc1nnc(OC2CCOCC2)s1. The van der Waals surface area contributed by atoms with E-state index in [9.17, 15) is 0 Å². The Hall–Kier alpha value is -0.720. The van der Waals surface area contributed by atoms with Gasteiger partial charge < -0.3 is 15.2 Å². The van der Waals surface area contributed by atoms with Gasteiger partial charge in [-0.1, -0.05) is 16.4 Å². The molecule has 2 rings (SSSR count). The summed E-state index contributed by atoms with van der Waals surface area (Å²) in [5.74, 6) is 0. The fourth-order valence-corrected chi connectivity index (χ4v) is 1.94. The highest BCUT2D eigenvalue weighted by Crippen LogP contribution is 2.21. The van der Waals surface area contributed by atoms with Crippen LogP contribution in [0.15, 0.2) is 0 Å². The molecule has 0 aromatic carbocycles. The third-order valence-electron chi connectivity index (χ3n) is 2.06. The van der Waals surface area contributed by atoms with Crippen molar-refractivity contribution in [1.29, 1.82) is 0 Å². The first kappa shape index (κ1) is 9.82. The van der Waals surface area contributed by atoms with Gasteiger partial charge in [0, 0.05) is 19.4 Å². The van der Waals surface area contributed by atoms with Crippen LogP contribution in [0, 0.1) is 0 Å². The Balaban J connectivity index is 1.89. The lowest BCUT2D eigenvalue weighted by molar-refractivity contribution is 0.0252. The number of nitrogens with zero attached hydrogens (tertiary/aromatic N) is 2. The van der Waals surface area contributed by atoms with Crippen LogP contribution in [0.25, 0.3) is 0 Å². The number of hydrogen-bond donors (Lipinski definition) is 1. The molecule has 1 aliphatic rings. The second-order valence-corrected chi connectivity index (χ2v) is 4.12. The highest BCUT2D eigenvalue weighted by atomic mass is 32.1. The van der Waals surface area contributed by atoms with E-state index >= 15 is 0 Å². The Labute approximate surface area is 86.2 Å². The van der Waals surface area contributed by atoms with Gasteiger partial charge in [0.1, 0.15) is 11.1 Å². The minimum absolute atomic E-state index is 0.224. The molecule has 1 aromatic rings. The van der Waals surface area contributed by atoms with Crippen molar-refractivity contribution in [3.05, 3.63) is 5.01 Å². The quantitative estimate of drug-likeness (QED) is 0.797. The molecule has 2 N–H and O–H groups in total. The van der Waals surface area contributed by atoms with Crippen LogP contribution in [0.3, 0.4) is 0 Å². The van der Waals surface area contributed by atoms with E-state index in [1.165, 1.54) is 11.3 Å². The van der Waals surface area contributed by atoms with E-state index in [1.54, 1.807) is 0 Å². The molecular weight excluding hydrogens is 202 g/mol. The molecule has 0 aliphatic carbocycles.